The van der Waals surface area contributed by atoms with Crippen LogP contribution in [-0.2, 0) is 34.1 Å². The van der Waals surface area contributed by atoms with Crippen LogP contribution < -0.4 is 24.8 Å². The Kier molecular flexibility index (Phi) is 12.4. The van der Waals surface area contributed by atoms with E-state index in [1.165, 1.54) is 59.1 Å². The largest absolute Gasteiger partial charge is 1.00 e. The molecular formula is C41H44Cl2Zr. The van der Waals surface area contributed by atoms with E-state index in [-0.39, 0.29) is 24.8 Å². The predicted molar refractivity (Wildman–Crippen MR) is 178 cm³/mol. The van der Waals surface area contributed by atoms with Crippen LogP contribution >= 0.6 is 0 Å². The average Bonchev–Trinajstić information content (AvgIpc) is 3.58. The Hall–Kier alpha value is -2.31. The molecule has 4 aromatic carbocycles. The predicted octanol–water partition coefficient (Wildman–Crippen LogP) is 4.82. The minimum Gasteiger partial charge on any atom is -1.00 e. The molecule has 2 aliphatic rings. The number of hydrogen-bond acceptors (Lipinski definition) is 0. The molecule has 0 saturated carbocycles. The van der Waals surface area contributed by atoms with Crippen molar-refractivity contribution < 1.29 is 46.1 Å². The minimum absolute atomic E-state index is 0. The van der Waals surface area contributed by atoms with Gasteiger partial charge < -0.3 is 24.8 Å². The maximum atomic E-state index is 2.59. The molecule has 4 aromatic rings. The fourth-order valence-corrected chi connectivity index (χ4v) is 17.4. The molecule has 226 valence electrons. The van der Waals surface area contributed by atoms with Crippen molar-refractivity contribution in [3.05, 3.63) is 151 Å². The third-order valence-corrected chi connectivity index (χ3v) is 18.1. The van der Waals surface area contributed by atoms with Crippen LogP contribution in [0.4, 0.5) is 0 Å². The van der Waals surface area contributed by atoms with E-state index in [4.69, 9.17) is 0 Å². The van der Waals surface area contributed by atoms with E-state index in [1.54, 1.807) is 19.9 Å². The quantitative estimate of drug-likeness (QED) is 0.223. The average molecular weight is 699 g/mol. The summed E-state index contributed by atoms with van der Waals surface area (Å²) in [5.74, 6) is 0.560. The van der Waals surface area contributed by atoms with Crippen LogP contribution in [0.1, 0.15) is 90.4 Å². The van der Waals surface area contributed by atoms with Gasteiger partial charge in [0.2, 0.25) is 0 Å². The van der Waals surface area contributed by atoms with Gasteiger partial charge in [-0.25, -0.2) is 0 Å². The number of fused-ring (bicyclic) bond motifs is 3. The minimum atomic E-state index is -2.77. The maximum absolute atomic E-state index is 2.77. The molecule has 1 unspecified atom stereocenters. The van der Waals surface area contributed by atoms with E-state index < -0.39 is 21.3 Å². The first-order chi connectivity index (χ1) is 20.7. The zero-order valence-electron chi connectivity index (χ0n) is 26.5. The second-order valence-electron chi connectivity index (χ2n) is 11.9. The summed E-state index contributed by atoms with van der Waals surface area (Å²) >= 11 is -2.77. The number of rotatable bonds is 10. The number of hydrogen-bond donors (Lipinski definition) is 0. The van der Waals surface area contributed by atoms with Gasteiger partial charge in [0.1, 0.15) is 0 Å². The first kappa shape index (κ1) is 34.6. The Morgan fingerprint density at radius 3 is 1.61 bits per heavy atom. The summed E-state index contributed by atoms with van der Waals surface area (Å²) in [7, 11) is 0. The van der Waals surface area contributed by atoms with Crippen LogP contribution in [0.25, 0.3) is 11.1 Å². The first-order valence-corrected chi connectivity index (χ1v) is 20.1. The van der Waals surface area contributed by atoms with Gasteiger partial charge in [-0.2, -0.15) is 0 Å². The van der Waals surface area contributed by atoms with E-state index in [2.05, 4.69) is 137 Å². The molecule has 0 nitrogen and oxygen atoms in total. The topological polar surface area (TPSA) is 0 Å². The summed E-state index contributed by atoms with van der Waals surface area (Å²) in [6.07, 6.45) is 12.1. The van der Waals surface area contributed by atoms with Crippen LogP contribution in [0.5, 0.6) is 0 Å². The molecule has 0 aromatic heterocycles. The molecule has 1 atom stereocenters. The molecule has 0 heterocycles. The van der Waals surface area contributed by atoms with Crippen LogP contribution in [0.15, 0.2) is 118 Å². The van der Waals surface area contributed by atoms with Crippen molar-refractivity contribution in [2.45, 2.75) is 69.8 Å². The van der Waals surface area contributed by atoms with Crippen molar-refractivity contribution in [1.29, 1.82) is 0 Å². The molecule has 0 fully saturated rings. The molecule has 3 heteroatoms. The molecule has 0 spiro atoms. The third kappa shape index (κ3) is 6.63. The van der Waals surface area contributed by atoms with Crippen molar-refractivity contribution in [2.24, 2.45) is 5.92 Å². The van der Waals surface area contributed by atoms with Gasteiger partial charge in [0.15, 0.2) is 0 Å². The monoisotopic (exact) mass is 696 g/mol. The van der Waals surface area contributed by atoms with Gasteiger partial charge in [0.25, 0.3) is 0 Å². The van der Waals surface area contributed by atoms with Gasteiger partial charge in [0, 0.05) is 0 Å². The van der Waals surface area contributed by atoms with Crippen LogP contribution in [0.2, 0.25) is 0 Å². The molecule has 0 N–H and O–H groups in total. The molecule has 0 radical (unpaired) electrons. The van der Waals surface area contributed by atoms with Gasteiger partial charge in [-0.15, -0.1) is 0 Å². The fraction of sp³-hybridized carbons (Fsp3) is 0.293. The zero-order chi connectivity index (χ0) is 29.1. The first-order valence-electron chi connectivity index (χ1n) is 16.2. The molecule has 0 bridgehead atoms. The maximum Gasteiger partial charge on any atom is -1.00 e. The molecule has 44 heavy (non-hydrogen) atoms. The second kappa shape index (κ2) is 15.8. The molecule has 0 saturated heterocycles. The van der Waals surface area contributed by atoms with Gasteiger partial charge in [-0.1, -0.05) is 0 Å². The van der Waals surface area contributed by atoms with Crippen molar-refractivity contribution in [2.75, 3.05) is 0 Å². The number of halogens is 2. The Balaban J connectivity index is 0.00000221. The smallest absolute Gasteiger partial charge is 1.00 e. The van der Waals surface area contributed by atoms with Crippen molar-refractivity contribution in [1.82, 2.24) is 0 Å². The van der Waals surface area contributed by atoms with Crippen LogP contribution in [0, 0.1) is 5.92 Å². The third-order valence-electron chi connectivity index (χ3n) is 9.30. The molecule has 0 amide bonds. The van der Waals surface area contributed by atoms with E-state index in [9.17, 15) is 0 Å². The van der Waals surface area contributed by atoms with Gasteiger partial charge in [0.05, 0.1) is 0 Å². The Bertz CT molecular complexity index is 1570. The van der Waals surface area contributed by atoms with E-state index in [1.807, 2.05) is 3.28 Å². The Morgan fingerprint density at radius 2 is 1.16 bits per heavy atom. The van der Waals surface area contributed by atoms with Gasteiger partial charge in [-0.05, 0) is 0 Å². The zero-order valence-corrected chi connectivity index (χ0v) is 30.5. The summed E-state index contributed by atoms with van der Waals surface area (Å²) < 4.78 is 3.99. The Labute approximate surface area is 285 Å². The number of allylic oxidation sites excluding steroid dienone is 4. The summed E-state index contributed by atoms with van der Waals surface area (Å²) in [5, 5.41) is 0. The van der Waals surface area contributed by atoms with E-state index in [0.29, 0.717) is 9.54 Å². The molecule has 0 aliphatic heterocycles. The van der Waals surface area contributed by atoms with Crippen molar-refractivity contribution >= 4 is 3.21 Å². The SMILES string of the molecule is CCCC1=[C]([Zr+2](=[C](c2ccccc2)c2ccccc2)[CH]2c3cc(CC)ccc3-c3ccc(CC)cc32)C(CCC)C=C1.[Cl-].[Cl-]. The second-order valence-corrected chi connectivity index (χ2v) is 18.0. The fourth-order valence-electron chi connectivity index (χ4n) is 7.30. The van der Waals surface area contributed by atoms with E-state index in [0.717, 1.165) is 12.8 Å². The Morgan fingerprint density at radius 1 is 0.636 bits per heavy atom. The summed E-state index contributed by atoms with van der Waals surface area (Å²) in [4.78, 5) is 0. The van der Waals surface area contributed by atoms with E-state index >= 15 is 0 Å². The number of aryl methyl sites for hydroxylation is 2. The standard InChI is InChI=1S/C17H17.C13H10.C11H17.2ClH.Zr/c1-3-12-5-7-16-14(9-12)11-15-10-13(4-2)6-8-17(15)16;1-3-7-12(8-4-1)11-13-9-5-2-6-10-13;1-3-5-10-7-8-11(9-10)6-4-2;;;/h5-11H,3-4H2,1-2H3;1-10H;7-8,10H,3-6H2,1-2H3;2*1H;/q;;;;;+2/p-2. The molecular weight excluding hydrogens is 655 g/mol. The van der Waals surface area contributed by atoms with Gasteiger partial charge in [-0.3, -0.25) is 0 Å². The normalized spacial score (nSPS) is 14.8. The van der Waals surface area contributed by atoms with Crippen molar-refractivity contribution in [3.8, 4) is 11.1 Å². The van der Waals surface area contributed by atoms with Gasteiger partial charge >= 0.3 is 263 Å². The molecule has 2 aliphatic carbocycles. The summed E-state index contributed by atoms with van der Waals surface area (Å²) in [6.45, 7) is 9.33. The molecule has 6 rings (SSSR count). The summed E-state index contributed by atoms with van der Waals surface area (Å²) in [5.41, 5.74) is 13.6. The van der Waals surface area contributed by atoms with Crippen molar-refractivity contribution in [3.63, 3.8) is 0 Å². The van der Waals surface area contributed by atoms with Crippen LogP contribution in [-0.4, -0.2) is 3.21 Å². The number of benzene rings is 4. The van der Waals surface area contributed by atoms with Crippen LogP contribution in [0.3, 0.4) is 0 Å². The summed E-state index contributed by atoms with van der Waals surface area (Å²) in [6, 6.07) is 37.7.